The topological polar surface area (TPSA) is 102 Å². The fourth-order valence-corrected chi connectivity index (χ4v) is 6.81. The van der Waals surface area contributed by atoms with E-state index in [1.807, 2.05) is 36.4 Å². The van der Waals surface area contributed by atoms with Gasteiger partial charge in [-0.3, -0.25) is 9.59 Å². The summed E-state index contributed by atoms with van der Waals surface area (Å²) >= 11 is 0. The number of rotatable bonds is 9. The third-order valence-electron chi connectivity index (χ3n) is 7.75. The second-order valence-electron chi connectivity index (χ2n) is 10.7. The van der Waals surface area contributed by atoms with E-state index in [2.05, 4.69) is 10.0 Å². The zero-order chi connectivity index (χ0) is 29.0. The van der Waals surface area contributed by atoms with Crippen molar-refractivity contribution >= 4 is 38.3 Å². The van der Waals surface area contributed by atoms with Gasteiger partial charge < -0.3 is 10.1 Å². The van der Waals surface area contributed by atoms with E-state index in [4.69, 9.17) is 4.74 Å². The molecule has 0 atom stereocenters. The van der Waals surface area contributed by atoms with Gasteiger partial charge in [-0.05, 0) is 83.5 Å². The predicted octanol–water partition coefficient (Wildman–Crippen LogP) is 6.39. The molecular formula is C33H34N2O5S. The maximum atomic E-state index is 12.9. The van der Waals surface area contributed by atoms with Gasteiger partial charge in [-0.2, -0.15) is 0 Å². The van der Waals surface area contributed by atoms with Crippen molar-refractivity contribution in [3.8, 4) is 5.75 Å². The second-order valence-corrected chi connectivity index (χ2v) is 12.3. The zero-order valence-corrected chi connectivity index (χ0v) is 24.1. The molecule has 0 aliphatic heterocycles. The predicted molar refractivity (Wildman–Crippen MR) is 161 cm³/mol. The Balaban J connectivity index is 1.35. The summed E-state index contributed by atoms with van der Waals surface area (Å²) in [5.74, 6) is 0.269. The van der Waals surface area contributed by atoms with Crippen LogP contribution < -0.4 is 14.8 Å². The standard InChI is InChI=1S/C33H34N2O5S/c1-22-8-3-6-13-31(22)41(38,39)35-33(37)27-15-14-26(30(20-27)40-2)19-25-12-7-11-24-16-17-28(21-29(24)25)34-32(36)18-23-9-4-5-10-23/h3,6-8,11-17,20-21,23H,4-5,9-10,18-19H2,1-2H3,(H,34,36)(H,35,37). The van der Waals surface area contributed by atoms with Gasteiger partial charge in [0.2, 0.25) is 5.91 Å². The van der Waals surface area contributed by atoms with Crippen molar-refractivity contribution in [1.82, 2.24) is 4.72 Å². The molecule has 0 bridgehead atoms. The third-order valence-corrected chi connectivity index (χ3v) is 9.24. The van der Waals surface area contributed by atoms with Gasteiger partial charge in [0.05, 0.1) is 12.0 Å². The minimum absolute atomic E-state index is 0.0497. The van der Waals surface area contributed by atoms with Crippen LogP contribution in [0.5, 0.6) is 5.75 Å². The highest BCUT2D eigenvalue weighted by atomic mass is 32.2. The van der Waals surface area contributed by atoms with Gasteiger partial charge in [-0.15, -0.1) is 0 Å². The maximum Gasteiger partial charge on any atom is 0.265 e. The van der Waals surface area contributed by atoms with Gasteiger partial charge in [0, 0.05) is 24.1 Å². The SMILES string of the molecule is COc1cc(C(=O)NS(=O)(=O)c2ccccc2C)ccc1Cc1cccc2ccc(NC(=O)CC3CCCC3)cc12. The van der Waals surface area contributed by atoms with Crippen LogP contribution in [-0.4, -0.2) is 27.3 Å². The molecule has 1 aliphatic carbocycles. The first-order valence-corrected chi connectivity index (χ1v) is 15.3. The summed E-state index contributed by atoms with van der Waals surface area (Å²) in [5.41, 5.74) is 3.36. The summed E-state index contributed by atoms with van der Waals surface area (Å²) in [6.07, 6.45) is 5.74. The number of anilines is 1. The first kappa shape index (κ1) is 28.4. The molecule has 0 radical (unpaired) electrons. The Labute approximate surface area is 241 Å². The summed E-state index contributed by atoms with van der Waals surface area (Å²) in [6.45, 7) is 1.68. The molecule has 212 valence electrons. The lowest BCUT2D eigenvalue weighted by molar-refractivity contribution is -0.117. The Hall–Kier alpha value is -4.17. The summed E-state index contributed by atoms with van der Waals surface area (Å²) < 4.78 is 33.4. The van der Waals surface area contributed by atoms with Gasteiger partial charge in [0.1, 0.15) is 5.75 Å². The minimum Gasteiger partial charge on any atom is -0.496 e. The molecule has 0 aromatic heterocycles. The Morgan fingerprint density at radius 1 is 0.902 bits per heavy atom. The van der Waals surface area contributed by atoms with Crippen molar-refractivity contribution in [2.45, 2.75) is 50.3 Å². The first-order valence-electron chi connectivity index (χ1n) is 13.8. The molecule has 1 aliphatic rings. The van der Waals surface area contributed by atoms with Gasteiger partial charge in [-0.1, -0.05) is 61.4 Å². The van der Waals surface area contributed by atoms with Crippen LogP contribution in [0.15, 0.2) is 83.8 Å². The molecule has 4 aromatic rings. The molecule has 0 heterocycles. The van der Waals surface area contributed by atoms with Crippen LogP contribution in [0.25, 0.3) is 10.8 Å². The Bertz CT molecular complexity index is 1710. The van der Waals surface area contributed by atoms with Gasteiger partial charge >= 0.3 is 0 Å². The molecule has 2 N–H and O–H groups in total. The van der Waals surface area contributed by atoms with Crippen molar-refractivity contribution in [1.29, 1.82) is 0 Å². The molecule has 4 aromatic carbocycles. The van der Waals surface area contributed by atoms with Crippen molar-refractivity contribution < 1.29 is 22.7 Å². The summed E-state index contributed by atoms with van der Waals surface area (Å²) in [7, 11) is -2.51. The van der Waals surface area contributed by atoms with Crippen molar-refractivity contribution in [2.24, 2.45) is 5.92 Å². The fraction of sp³-hybridized carbons (Fsp3) is 0.273. The van der Waals surface area contributed by atoms with Gasteiger partial charge in [0.25, 0.3) is 15.9 Å². The highest BCUT2D eigenvalue weighted by molar-refractivity contribution is 7.90. The lowest BCUT2D eigenvalue weighted by atomic mass is 9.96. The van der Waals surface area contributed by atoms with Crippen molar-refractivity contribution in [3.63, 3.8) is 0 Å². The van der Waals surface area contributed by atoms with E-state index in [1.54, 1.807) is 43.3 Å². The number of sulfonamides is 1. The number of nitrogens with one attached hydrogen (secondary N) is 2. The van der Waals surface area contributed by atoms with E-state index >= 15 is 0 Å². The van der Waals surface area contributed by atoms with Crippen LogP contribution in [0.2, 0.25) is 0 Å². The molecule has 5 rings (SSSR count). The molecule has 8 heteroatoms. The molecule has 7 nitrogen and oxygen atoms in total. The summed E-state index contributed by atoms with van der Waals surface area (Å²) in [5, 5.41) is 5.13. The fourth-order valence-electron chi connectivity index (χ4n) is 5.59. The molecule has 2 amide bonds. The summed E-state index contributed by atoms with van der Waals surface area (Å²) in [4.78, 5) is 25.6. The van der Waals surface area contributed by atoms with E-state index < -0.39 is 15.9 Å². The van der Waals surface area contributed by atoms with Crippen molar-refractivity contribution in [3.05, 3.63) is 101 Å². The largest absolute Gasteiger partial charge is 0.496 e. The second kappa shape index (κ2) is 12.1. The average molecular weight is 571 g/mol. The molecule has 0 spiro atoms. The van der Waals surface area contributed by atoms with Crippen LogP contribution in [0.1, 0.15) is 59.2 Å². The van der Waals surface area contributed by atoms with Crippen LogP contribution in [0.3, 0.4) is 0 Å². The quantitative estimate of drug-likeness (QED) is 0.243. The minimum atomic E-state index is -4.03. The number of ether oxygens (including phenoxy) is 1. The van der Waals surface area contributed by atoms with E-state index in [0.717, 1.165) is 40.4 Å². The van der Waals surface area contributed by atoms with E-state index in [0.29, 0.717) is 30.1 Å². The molecule has 0 saturated heterocycles. The number of fused-ring (bicyclic) bond motifs is 1. The normalized spacial score (nSPS) is 13.7. The molecule has 41 heavy (non-hydrogen) atoms. The third kappa shape index (κ3) is 6.60. The first-order chi connectivity index (χ1) is 19.7. The van der Waals surface area contributed by atoms with E-state index in [-0.39, 0.29) is 16.4 Å². The summed E-state index contributed by atoms with van der Waals surface area (Å²) in [6, 6.07) is 23.4. The van der Waals surface area contributed by atoms with Crippen LogP contribution in [-0.2, 0) is 21.2 Å². The molecule has 1 saturated carbocycles. The van der Waals surface area contributed by atoms with Crippen molar-refractivity contribution in [2.75, 3.05) is 12.4 Å². The van der Waals surface area contributed by atoms with E-state index in [9.17, 15) is 18.0 Å². The highest BCUT2D eigenvalue weighted by Gasteiger charge is 2.22. The average Bonchev–Trinajstić information content (AvgIpc) is 3.46. The number of hydrogen-bond acceptors (Lipinski definition) is 5. The Kier molecular flexibility index (Phi) is 8.40. The number of amides is 2. The smallest absolute Gasteiger partial charge is 0.265 e. The van der Waals surface area contributed by atoms with Crippen LogP contribution >= 0.6 is 0 Å². The molecule has 0 unspecified atom stereocenters. The molecule has 1 fully saturated rings. The number of methoxy groups -OCH3 is 1. The number of hydrogen-bond donors (Lipinski definition) is 2. The van der Waals surface area contributed by atoms with Gasteiger partial charge in [0.15, 0.2) is 0 Å². The van der Waals surface area contributed by atoms with Crippen LogP contribution in [0, 0.1) is 12.8 Å². The Morgan fingerprint density at radius 2 is 1.68 bits per heavy atom. The lowest BCUT2D eigenvalue weighted by Crippen LogP contribution is -2.31. The van der Waals surface area contributed by atoms with Crippen LogP contribution in [0.4, 0.5) is 5.69 Å². The number of aryl methyl sites for hydroxylation is 1. The number of benzene rings is 4. The molecular weight excluding hydrogens is 536 g/mol. The maximum absolute atomic E-state index is 12.9. The highest BCUT2D eigenvalue weighted by Crippen LogP contribution is 2.30. The monoisotopic (exact) mass is 570 g/mol. The van der Waals surface area contributed by atoms with E-state index in [1.165, 1.54) is 26.0 Å². The lowest BCUT2D eigenvalue weighted by Gasteiger charge is -2.14. The number of carbonyl (C=O) groups is 2. The van der Waals surface area contributed by atoms with Gasteiger partial charge in [-0.25, -0.2) is 13.1 Å². The zero-order valence-electron chi connectivity index (χ0n) is 23.3. The number of carbonyl (C=O) groups excluding carboxylic acids is 2. The Morgan fingerprint density at radius 3 is 2.44 bits per heavy atom.